The molecule has 10 heteroatoms. The van der Waals surface area contributed by atoms with Gasteiger partial charge in [0.15, 0.2) is 0 Å². The van der Waals surface area contributed by atoms with E-state index in [9.17, 15) is 0 Å². The summed E-state index contributed by atoms with van der Waals surface area (Å²) in [5.41, 5.74) is 1.19. The van der Waals surface area contributed by atoms with Crippen LogP contribution in [0.25, 0.3) is 21.3 Å². The second-order valence-electron chi connectivity index (χ2n) is 7.66. The van der Waals surface area contributed by atoms with Crippen molar-refractivity contribution in [1.29, 1.82) is 0 Å². The predicted molar refractivity (Wildman–Crippen MR) is 117 cm³/mol. The van der Waals surface area contributed by atoms with Gasteiger partial charge in [0.05, 0.1) is 0 Å². The Balaban J connectivity index is 0.000000241. The van der Waals surface area contributed by atoms with Crippen LogP contribution in [0.3, 0.4) is 0 Å². The maximum atomic E-state index is 8.74. The number of allylic oxidation sites excluding steroid dienone is 2. The van der Waals surface area contributed by atoms with Gasteiger partial charge in [-0.3, -0.25) is 9.11 Å². The molecule has 177 valence electrons. The third-order valence-electron chi connectivity index (χ3n) is 5.35. The van der Waals surface area contributed by atoms with E-state index in [1.54, 1.807) is 0 Å². The zero-order chi connectivity index (χ0) is 21.0. The Labute approximate surface area is 192 Å². The zero-order valence-corrected chi connectivity index (χ0v) is 19.1. The maximum absolute atomic E-state index is 8.74. The number of nitrogens with zero attached hydrogens (tertiary/aromatic N) is 4. The summed E-state index contributed by atoms with van der Waals surface area (Å²) in [5, 5.41) is 18.3. The van der Waals surface area contributed by atoms with Crippen molar-refractivity contribution in [2.75, 3.05) is 26.2 Å². The maximum Gasteiger partial charge on any atom is 2.00 e. The molecule has 0 aliphatic carbocycles. The van der Waals surface area contributed by atoms with E-state index in [1.807, 2.05) is 0 Å². The zero-order valence-electron chi connectivity index (χ0n) is 17.4. The summed E-state index contributed by atoms with van der Waals surface area (Å²) < 4.78 is 31.6. The molecule has 4 aliphatic heterocycles. The third-order valence-corrected chi connectivity index (χ3v) is 5.35. The first-order valence-corrected chi connectivity index (χ1v) is 12.1. The number of rotatable bonds is 2. The molecule has 3 saturated heterocycles. The molecule has 0 spiro atoms. The normalized spacial score (nSPS) is 28.9. The first-order chi connectivity index (χ1) is 13.9. The van der Waals surface area contributed by atoms with Gasteiger partial charge in [-0.05, 0) is 0 Å². The van der Waals surface area contributed by atoms with E-state index in [0.717, 1.165) is 26.2 Å². The molecule has 3 unspecified atom stereocenters. The molecule has 2 N–H and O–H groups in total. The van der Waals surface area contributed by atoms with Crippen LogP contribution in [0, 0.1) is 0 Å². The van der Waals surface area contributed by atoms with E-state index in [1.165, 1.54) is 63.5 Å². The van der Waals surface area contributed by atoms with Crippen molar-refractivity contribution in [3.8, 4) is 0 Å². The van der Waals surface area contributed by atoms with E-state index in [2.05, 4.69) is 39.5 Å². The minimum absolute atomic E-state index is 0. The fourth-order valence-electron chi connectivity index (χ4n) is 3.94. The van der Waals surface area contributed by atoms with Gasteiger partial charge < -0.3 is 21.3 Å². The topological polar surface area (TPSA) is 131 Å². The molecule has 0 saturated carbocycles. The molecule has 30 heavy (non-hydrogen) atoms. The Morgan fingerprint density at radius 1 is 0.800 bits per heavy atom. The minimum atomic E-state index is -4.67. The molecule has 0 aromatic heterocycles. The van der Waals surface area contributed by atoms with Crippen molar-refractivity contribution in [2.45, 2.75) is 75.9 Å². The molecule has 4 heterocycles. The van der Waals surface area contributed by atoms with Gasteiger partial charge in [0, 0.05) is 0 Å². The molecule has 4 aliphatic rings. The van der Waals surface area contributed by atoms with Crippen molar-refractivity contribution in [2.24, 2.45) is 0 Å². The van der Waals surface area contributed by atoms with E-state index in [4.69, 9.17) is 17.5 Å². The van der Waals surface area contributed by atoms with Crippen LogP contribution in [-0.2, 0) is 27.5 Å². The second-order valence-corrected chi connectivity index (χ2v) is 8.56. The van der Waals surface area contributed by atoms with Crippen LogP contribution in [0.15, 0.2) is 23.9 Å². The van der Waals surface area contributed by atoms with Crippen LogP contribution in [-0.4, -0.2) is 61.8 Å². The Kier molecular flexibility index (Phi) is 14.1. The van der Waals surface area contributed by atoms with Crippen LogP contribution < -0.4 is 0 Å². The van der Waals surface area contributed by atoms with E-state index < -0.39 is 10.4 Å². The largest absolute Gasteiger partial charge is 2.00 e. The first kappa shape index (κ1) is 27.6. The Hall–Kier alpha value is -0.451. The van der Waals surface area contributed by atoms with Gasteiger partial charge in [-0.15, -0.1) is 38.3 Å². The van der Waals surface area contributed by atoms with Gasteiger partial charge in [0.25, 0.3) is 0 Å². The van der Waals surface area contributed by atoms with E-state index >= 15 is 0 Å². The second kappa shape index (κ2) is 15.4. The monoisotopic (exact) mass is 489 g/mol. The van der Waals surface area contributed by atoms with Gasteiger partial charge in [-0.25, -0.2) is 0 Å². The molecule has 0 bridgehead atoms. The van der Waals surface area contributed by atoms with Crippen LogP contribution in [0.1, 0.15) is 57.8 Å². The quantitative estimate of drug-likeness (QED) is 0.420. The molecule has 4 rings (SSSR count). The molecule has 0 amide bonds. The fourth-order valence-corrected chi connectivity index (χ4v) is 3.94. The van der Waals surface area contributed by atoms with Gasteiger partial charge in [0.2, 0.25) is 0 Å². The first-order valence-electron chi connectivity index (χ1n) is 10.7. The molecule has 1 radical (unpaired) electrons. The van der Waals surface area contributed by atoms with Crippen LogP contribution in [0.2, 0.25) is 0 Å². The summed E-state index contributed by atoms with van der Waals surface area (Å²) in [4.78, 5) is 0. The molecular formula is C20H34CuN4O4S-2. The van der Waals surface area contributed by atoms with Gasteiger partial charge in [-0.1, -0.05) is 69.9 Å². The van der Waals surface area contributed by atoms with Gasteiger partial charge >= 0.3 is 27.5 Å². The number of hydrogen-bond donors (Lipinski definition) is 2. The Morgan fingerprint density at radius 3 is 1.67 bits per heavy atom. The summed E-state index contributed by atoms with van der Waals surface area (Å²) in [6.45, 7) is 4.06. The van der Waals surface area contributed by atoms with Crippen molar-refractivity contribution in [3.05, 3.63) is 45.2 Å². The molecule has 3 atom stereocenters. The van der Waals surface area contributed by atoms with Crippen LogP contribution in [0.5, 0.6) is 0 Å². The summed E-state index contributed by atoms with van der Waals surface area (Å²) in [6, 6.07) is 1.60. The number of hydrogen-bond acceptors (Lipinski definition) is 2. The standard InChI is InChI=1S/C10H18N2.C10H14N2.Cu.H2O4S/c2*1-3-7-11-9(5-1)10-6-2-4-8-12-10;;1-5(2,3)4/h9-10H,1-8H2;1,3,5,10H,2,4,6-8H2;;(H2,1,2,3,4)/q2*-2;+2;. The molecule has 3 fully saturated rings. The minimum Gasteiger partial charge on any atom is -0.686 e. The third kappa shape index (κ3) is 12.4. The van der Waals surface area contributed by atoms with Crippen molar-refractivity contribution < 1.29 is 34.6 Å². The van der Waals surface area contributed by atoms with Gasteiger partial charge in [0.1, 0.15) is 0 Å². The summed E-state index contributed by atoms with van der Waals surface area (Å²) >= 11 is 0. The van der Waals surface area contributed by atoms with Crippen LogP contribution in [0.4, 0.5) is 0 Å². The summed E-state index contributed by atoms with van der Waals surface area (Å²) in [5.74, 6) is 0. The summed E-state index contributed by atoms with van der Waals surface area (Å²) in [7, 11) is -4.67. The number of piperidine rings is 3. The Morgan fingerprint density at radius 2 is 1.30 bits per heavy atom. The molecule has 0 aromatic rings. The fraction of sp³-hybridized carbons (Fsp3) is 0.800. The van der Waals surface area contributed by atoms with E-state index in [-0.39, 0.29) is 17.1 Å². The van der Waals surface area contributed by atoms with Crippen LogP contribution >= 0.6 is 0 Å². The molecule has 8 nitrogen and oxygen atoms in total. The smallest absolute Gasteiger partial charge is 0.686 e. The summed E-state index contributed by atoms with van der Waals surface area (Å²) in [6.07, 6.45) is 18.0. The van der Waals surface area contributed by atoms with E-state index in [0.29, 0.717) is 18.1 Å². The predicted octanol–water partition coefficient (Wildman–Crippen LogP) is 4.92. The van der Waals surface area contributed by atoms with Crippen molar-refractivity contribution in [1.82, 2.24) is 0 Å². The van der Waals surface area contributed by atoms with Gasteiger partial charge in [-0.2, -0.15) is 26.2 Å². The average molecular weight is 490 g/mol. The SMILES string of the molecule is C1=CC[N-]C(C2CCCC[N-]2)=C1.C1CCC(C2CCCC[N-]2)[N-]C1.O=S(=O)(O)O.[Cu+2]. The molecular weight excluding hydrogens is 456 g/mol. The Bertz CT molecular complexity index is 588. The average Bonchev–Trinajstić information content (AvgIpc) is 2.76. The van der Waals surface area contributed by atoms with Crippen molar-refractivity contribution >= 4 is 10.4 Å². The molecule has 0 aromatic carbocycles. The van der Waals surface area contributed by atoms with Crippen molar-refractivity contribution in [3.63, 3.8) is 0 Å².